The molecule has 0 N–H and O–H groups in total. The highest BCUT2D eigenvalue weighted by atomic mass is 19.2. The maximum absolute atomic E-state index is 13.7. The molecule has 1 aromatic rings. The summed E-state index contributed by atoms with van der Waals surface area (Å²) in [5, 5.41) is 8.49. The summed E-state index contributed by atoms with van der Waals surface area (Å²) in [4.78, 5) is 0. The van der Waals surface area contributed by atoms with Gasteiger partial charge >= 0.3 is 0 Å². The molecule has 2 rings (SSSR count). The Kier molecular flexibility index (Phi) is 3.55. The molecule has 1 nitrogen and oxygen atoms in total. The molecule has 1 saturated carbocycles. The monoisotopic (exact) mass is 257 g/mol. The fourth-order valence-corrected chi connectivity index (χ4v) is 2.50. The van der Waals surface area contributed by atoms with Gasteiger partial charge in [0.1, 0.15) is 11.6 Å². The lowest BCUT2D eigenvalue weighted by Crippen LogP contribution is -2.13. The van der Waals surface area contributed by atoms with Crippen LogP contribution in [0.15, 0.2) is 0 Å². The fraction of sp³-hybridized carbons (Fsp3) is 0.462. The smallest absolute Gasteiger partial charge is 0.180 e. The molecule has 0 amide bonds. The summed E-state index contributed by atoms with van der Waals surface area (Å²) >= 11 is 0. The SMILES string of the molecule is N#Cc1c(F)c(F)c(C2CCCCC2)c(F)c1F. The molecule has 1 aliphatic rings. The highest BCUT2D eigenvalue weighted by molar-refractivity contribution is 5.39. The first-order valence-electron chi connectivity index (χ1n) is 5.83. The van der Waals surface area contributed by atoms with Crippen LogP contribution < -0.4 is 0 Å². The summed E-state index contributed by atoms with van der Waals surface area (Å²) in [5.74, 6) is -6.51. The maximum Gasteiger partial charge on any atom is 0.180 e. The Hall–Kier alpha value is -1.57. The number of hydrogen-bond donors (Lipinski definition) is 0. The van der Waals surface area contributed by atoms with Crippen LogP contribution in [0.1, 0.15) is 49.1 Å². The van der Waals surface area contributed by atoms with E-state index in [-0.39, 0.29) is 0 Å². The normalized spacial score (nSPS) is 16.6. The Bertz CT molecular complexity index is 484. The van der Waals surface area contributed by atoms with E-state index in [1.807, 2.05) is 0 Å². The Morgan fingerprint density at radius 3 is 1.78 bits per heavy atom. The van der Waals surface area contributed by atoms with Gasteiger partial charge in [-0.15, -0.1) is 0 Å². The van der Waals surface area contributed by atoms with Gasteiger partial charge in [0.15, 0.2) is 23.3 Å². The molecule has 0 atom stereocenters. The van der Waals surface area contributed by atoms with Crippen LogP contribution in [0.25, 0.3) is 0 Å². The predicted molar refractivity (Wildman–Crippen MR) is 56.8 cm³/mol. The van der Waals surface area contributed by atoms with Gasteiger partial charge in [0, 0.05) is 5.56 Å². The molecule has 0 radical (unpaired) electrons. The van der Waals surface area contributed by atoms with Crippen LogP contribution in [0.4, 0.5) is 17.6 Å². The molecule has 0 aromatic heterocycles. The molecule has 18 heavy (non-hydrogen) atoms. The van der Waals surface area contributed by atoms with E-state index in [4.69, 9.17) is 5.26 Å². The second-order valence-corrected chi connectivity index (χ2v) is 4.49. The first-order valence-corrected chi connectivity index (χ1v) is 5.83. The summed E-state index contributed by atoms with van der Waals surface area (Å²) < 4.78 is 54.4. The molecular formula is C13H11F4N. The Labute approximate surface area is 102 Å². The zero-order chi connectivity index (χ0) is 13.3. The number of nitrogens with zero attached hydrogens (tertiary/aromatic N) is 1. The van der Waals surface area contributed by atoms with Gasteiger partial charge in [-0.25, -0.2) is 17.6 Å². The minimum atomic E-state index is -1.59. The van der Waals surface area contributed by atoms with Crippen molar-refractivity contribution in [2.45, 2.75) is 38.0 Å². The standard InChI is InChI=1S/C13H11F4N/c14-10-8(6-18)11(15)13(17)9(12(10)16)7-4-2-1-3-5-7/h7H,1-5H2. The molecule has 0 unspecified atom stereocenters. The third-order valence-electron chi connectivity index (χ3n) is 3.42. The van der Waals surface area contributed by atoms with Crippen LogP contribution in [-0.4, -0.2) is 0 Å². The van der Waals surface area contributed by atoms with Crippen molar-refractivity contribution in [1.29, 1.82) is 5.26 Å². The van der Waals surface area contributed by atoms with Gasteiger partial charge in [-0.2, -0.15) is 5.26 Å². The zero-order valence-electron chi connectivity index (χ0n) is 9.57. The third-order valence-corrected chi connectivity index (χ3v) is 3.42. The van der Waals surface area contributed by atoms with Crippen molar-refractivity contribution in [3.8, 4) is 6.07 Å². The van der Waals surface area contributed by atoms with Gasteiger partial charge in [-0.1, -0.05) is 19.3 Å². The van der Waals surface area contributed by atoms with Gasteiger partial charge in [0.05, 0.1) is 0 Å². The van der Waals surface area contributed by atoms with Crippen LogP contribution in [0.2, 0.25) is 0 Å². The van der Waals surface area contributed by atoms with Gasteiger partial charge in [0.2, 0.25) is 0 Å². The number of halogens is 4. The number of benzene rings is 1. The minimum absolute atomic E-state index is 0.504. The number of nitriles is 1. The van der Waals surface area contributed by atoms with Crippen LogP contribution in [-0.2, 0) is 0 Å². The third kappa shape index (κ3) is 1.96. The largest absolute Gasteiger partial charge is 0.203 e. The molecule has 5 heteroatoms. The first kappa shape index (κ1) is 12.9. The van der Waals surface area contributed by atoms with E-state index in [1.165, 1.54) is 0 Å². The molecule has 0 spiro atoms. The average molecular weight is 257 g/mol. The molecule has 0 heterocycles. The quantitative estimate of drug-likeness (QED) is 0.547. The number of rotatable bonds is 1. The van der Waals surface area contributed by atoms with Crippen molar-refractivity contribution >= 4 is 0 Å². The Morgan fingerprint density at radius 1 is 0.833 bits per heavy atom. The number of hydrogen-bond acceptors (Lipinski definition) is 1. The Balaban J connectivity index is 2.57. The summed E-state index contributed by atoms with van der Waals surface area (Å²) in [6.45, 7) is 0. The van der Waals surface area contributed by atoms with Crippen molar-refractivity contribution < 1.29 is 17.6 Å². The van der Waals surface area contributed by atoms with E-state index >= 15 is 0 Å². The molecule has 1 aromatic carbocycles. The fourth-order valence-electron chi connectivity index (χ4n) is 2.50. The molecule has 0 bridgehead atoms. The van der Waals surface area contributed by atoms with Crippen molar-refractivity contribution in [3.63, 3.8) is 0 Å². The van der Waals surface area contributed by atoms with E-state index in [0.717, 1.165) is 25.3 Å². The molecular weight excluding hydrogens is 246 g/mol. The Morgan fingerprint density at radius 2 is 1.33 bits per heavy atom. The topological polar surface area (TPSA) is 23.8 Å². The highest BCUT2D eigenvalue weighted by Crippen LogP contribution is 2.37. The van der Waals surface area contributed by atoms with E-state index in [9.17, 15) is 17.6 Å². The van der Waals surface area contributed by atoms with E-state index in [0.29, 0.717) is 12.8 Å². The minimum Gasteiger partial charge on any atom is -0.203 e. The highest BCUT2D eigenvalue weighted by Gasteiger charge is 2.30. The summed E-state index contributed by atoms with van der Waals surface area (Å²) in [5.41, 5.74) is -1.73. The summed E-state index contributed by atoms with van der Waals surface area (Å²) in [6.07, 6.45) is 3.55. The first-order chi connectivity index (χ1) is 8.57. The molecule has 0 aliphatic heterocycles. The van der Waals surface area contributed by atoms with Crippen LogP contribution in [0.5, 0.6) is 0 Å². The maximum atomic E-state index is 13.7. The molecule has 1 aliphatic carbocycles. The molecule has 0 saturated heterocycles. The van der Waals surface area contributed by atoms with Crippen molar-refractivity contribution in [1.82, 2.24) is 0 Å². The van der Waals surface area contributed by atoms with Crippen molar-refractivity contribution in [2.24, 2.45) is 0 Å². The van der Waals surface area contributed by atoms with E-state index < -0.39 is 40.3 Å². The average Bonchev–Trinajstić information content (AvgIpc) is 2.39. The summed E-state index contributed by atoms with van der Waals surface area (Å²) in [7, 11) is 0. The van der Waals surface area contributed by atoms with Gasteiger partial charge in [0.25, 0.3) is 0 Å². The zero-order valence-corrected chi connectivity index (χ0v) is 9.57. The van der Waals surface area contributed by atoms with Gasteiger partial charge in [-0.3, -0.25) is 0 Å². The predicted octanol–water partition coefficient (Wildman–Crippen LogP) is 4.16. The molecule has 96 valence electrons. The lowest BCUT2D eigenvalue weighted by molar-refractivity contribution is 0.381. The van der Waals surface area contributed by atoms with Crippen molar-refractivity contribution in [3.05, 3.63) is 34.4 Å². The van der Waals surface area contributed by atoms with Crippen molar-refractivity contribution in [2.75, 3.05) is 0 Å². The van der Waals surface area contributed by atoms with Crippen LogP contribution >= 0.6 is 0 Å². The van der Waals surface area contributed by atoms with Crippen LogP contribution in [0.3, 0.4) is 0 Å². The second kappa shape index (κ2) is 4.97. The van der Waals surface area contributed by atoms with Gasteiger partial charge < -0.3 is 0 Å². The van der Waals surface area contributed by atoms with Crippen LogP contribution in [0, 0.1) is 34.6 Å². The lowest BCUT2D eigenvalue weighted by Gasteiger charge is -2.23. The van der Waals surface area contributed by atoms with Gasteiger partial charge in [-0.05, 0) is 18.8 Å². The van der Waals surface area contributed by atoms with E-state index in [2.05, 4.69) is 0 Å². The van der Waals surface area contributed by atoms with E-state index in [1.54, 1.807) is 0 Å². The lowest BCUT2D eigenvalue weighted by atomic mass is 9.83. The second-order valence-electron chi connectivity index (χ2n) is 4.49. The molecule has 1 fully saturated rings. The summed E-state index contributed by atoms with van der Waals surface area (Å²) in [6, 6.07) is 1.15.